The Bertz CT molecular complexity index is 589. The molecule has 2 aromatic heterocycles. The molecule has 0 bridgehead atoms. The highest BCUT2D eigenvalue weighted by molar-refractivity contribution is 5.73. The predicted molar refractivity (Wildman–Crippen MR) is 60.1 cm³/mol. The van der Waals surface area contributed by atoms with Gasteiger partial charge in [-0.1, -0.05) is 0 Å². The molecule has 86 valence electrons. The summed E-state index contributed by atoms with van der Waals surface area (Å²) in [4.78, 5) is 17.7. The fourth-order valence-electron chi connectivity index (χ4n) is 2.24. The Morgan fingerprint density at radius 2 is 2.35 bits per heavy atom. The van der Waals surface area contributed by atoms with Crippen molar-refractivity contribution in [2.75, 3.05) is 0 Å². The molecule has 1 aliphatic carbocycles. The smallest absolute Gasteiger partial charge is 0.449 e. The Balaban J connectivity index is 2.09. The van der Waals surface area contributed by atoms with Crippen LogP contribution in [0.1, 0.15) is 11.1 Å². The Labute approximate surface area is 97.1 Å². The van der Waals surface area contributed by atoms with Crippen molar-refractivity contribution in [1.29, 1.82) is 0 Å². The summed E-state index contributed by atoms with van der Waals surface area (Å²) >= 11 is 0. The largest absolute Gasteiger partial charge is 0.511 e. The highest BCUT2D eigenvalue weighted by Crippen LogP contribution is 2.37. The van der Waals surface area contributed by atoms with Crippen molar-refractivity contribution >= 4 is 6.16 Å². The zero-order valence-electron chi connectivity index (χ0n) is 8.93. The van der Waals surface area contributed by atoms with Crippen molar-refractivity contribution in [3.63, 3.8) is 0 Å². The summed E-state index contributed by atoms with van der Waals surface area (Å²) in [6, 6.07) is 1.92. The van der Waals surface area contributed by atoms with Crippen LogP contribution in [0.5, 0.6) is 5.75 Å². The van der Waals surface area contributed by atoms with Gasteiger partial charge in [-0.15, -0.1) is 0 Å². The van der Waals surface area contributed by atoms with E-state index >= 15 is 0 Å². The van der Waals surface area contributed by atoms with Crippen molar-refractivity contribution in [2.24, 2.45) is 0 Å². The van der Waals surface area contributed by atoms with E-state index in [9.17, 15) is 4.79 Å². The molecule has 0 aliphatic heterocycles. The molecule has 2 heterocycles. The normalized spacial score (nSPS) is 12.7. The maximum Gasteiger partial charge on any atom is 0.511 e. The number of carbonyl (C=O) groups is 1. The number of hydrogen-bond donors (Lipinski definition) is 2. The van der Waals surface area contributed by atoms with E-state index < -0.39 is 6.16 Å². The number of H-pyrrole nitrogens is 1. The maximum atomic E-state index is 10.6. The lowest BCUT2D eigenvalue weighted by molar-refractivity contribution is 0.144. The predicted octanol–water partition coefficient (Wildman–Crippen LogP) is 2.23. The van der Waals surface area contributed by atoms with Crippen molar-refractivity contribution in [2.45, 2.75) is 12.8 Å². The second kappa shape index (κ2) is 3.62. The molecule has 0 aromatic carbocycles. The van der Waals surface area contributed by atoms with Crippen LogP contribution in [0.4, 0.5) is 4.79 Å². The molecular weight excluding hydrogens is 220 g/mol. The minimum Gasteiger partial charge on any atom is -0.449 e. The zero-order chi connectivity index (χ0) is 11.8. The van der Waals surface area contributed by atoms with E-state index in [-0.39, 0.29) is 0 Å². The van der Waals surface area contributed by atoms with E-state index in [0.29, 0.717) is 5.75 Å². The highest BCUT2D eigenvalue weighted by Gasteiger charge is 2.22. The van der Waals surface area contributed by atoms with E-state index in [1.54, 1.807) is 12.4 Å². The third kappa shape index (κ3) is 1.56. The van der Waals surface area contributed by atoms with Crippen molar-refractivity contribution in [3.8, 4) is 17.0 Å². The van der Waals surface area contributed by atoms with Crippen LogP contribution in [-0.2, 0) is 12.8 Å². The third-order valence-corrected chi connectivity index (χ3v) is 2.96. The lowest BCUT2D eigenvalue weighted by Crippen LogP contribution is -2.07. The standard InChI is InChI=1S/C12H10N2O3/c15-12(16)17-10-6-14-11-8-3-4-13-5-7(8)1-2-9(10)11/h3-6,14H,1-2H2,(H,15,16). The van der Waals surface area contributed by atoms with E-state index in [2.05, 4.69) is 9.97 Å². The third-order valence-electron chi connectivity index (χ3n) is 2.96. The molecule has 0 saturated heterocycles. The van der Waals surface area contributed by atoms with Crippen LogP contribution >= 0.6 is 0 Å². The number of ether oxygens (including phenoxy) is 1. The van der Waals surface area contributed by atoms with Crippen molar-refractivity contribution in [1.82, 2.24) is 9.97 Å². The lowest BCUT2D eigenvalue weighted by Gasteiger charge is -2.15. The number of nitrogens with zero attached hydrogens (tertiary/aromatic N) is 1. The Kier molecular flexibility index (Phi) is 2.11. The van der Waals surface area contributed by atoms with E-state index in [1.807, 2.05) is 12.3 Å². The minimum atomic E-state index is -1.28. The van der Waals surface area contributed by atoms with Gasteiger partial charge in [0, 0.05) is 29.7 Å². The molecule has 5 nitrogen and oxygen atoms in total. The molecule has 0 amide bonds. The molecular formula is C12H10N2O3. The number of carboxylic acid groups (broad SMARTS) is 1. The number of pyridine rings is 1. The first kappa shape index (κ1) is 9.89. The number of aromatic amines is 1. The summed E-state index contributed by atoms with van der Waals surface area (Å²) in [5.74, 6) is 0.398. The molecule has 0 radical (unpaired) electrons. The summed E-state index contributed by atoms with van der Waals surface area (Å²) < 4.78 is 4.74. The maximum absolute atomic E-state index is 10.6. The Morgan fingerprint density at radius 1 is 1.47 bits per heavy atom. The first-order chi connectivity index (χ1) is 8.25. The van der Waals surface area contributed by atoms with Gasteiger partial charge in [-0.25, -0.2) is 4.79 Å². The summed E-state index contributed by atoms with van der Waals surface area (Å²) in [6.07, 6.45) is 5.49. The Hall–Kier alpha value is -2.30. The van der Waals surface area contributed by atoms with Crippen LogP contribution in [0.15, 0.2) is 24.7 Å². The first-order valence-electron chi connectivity index (χ1n) is 5.30. The topological polar surface area (TPSA) is 75.2 Å². The van der Waals surface area contributed by atoms with E-state index in [4.69, 9.17) is 9.84 Å². The van der Waals surface area contributed by atoms with Gasteiger partial charge in [0.05, 0.1) is 5.69 Å². The summed E-state index contributed by atoms with van der Waals surface area (Å²) in [5, 5.41) is 8.64. The molecule has 0 spiro atoms. The lowest BCUT2D eigenvalue weighted by atomic mass is 9.92. The SMILES string of the molecule is O=C(O)Oc1c[nH]c2c1CCc1cnccc1-2. The average Bonchev–Trinajstić information content (AvgIpc) is 2.72. The fraction of sp³-hybridized carbons (Fsp3) is 0.167. The molecule has 2 N–H and O–H groups in total. The number of aromatic nitrogens is 2. The highest BCUT2D eigenvalue weighted by atomic mass is 16.7. The molecule has 0 unspecified atom stereocenters. The molecule has 5 heteroatoms. The number of nitrogens with one attached hydrogen (secondary N) is 1. The average molecular weight is 230 g/mol. The van der Waals surface area contributed by atoms with Gasteiger partial charge < -0.3 is 14.8 Å². The molecule has 17 heavy (non-hydrogen) atoms. The van der Waals surface area contributed by atoms with Crippen LogP contribution in [0.3, 0.4) is 0 Å². The Morgan fingerprint density at radius 3 is 3.18 bits per heavy atom. The summed E-state index contributed by atoms with van der Waals surface area (Å²) in [5.41, 5.74) is 4.10. The molecule has 0 saturated carbocycles. The number of hydrogen-bond acceptors (Lipinski definition) is 3. The van der Waals surface area contributed by atoms with Gasteiger partial charge >= 0.3 is 6.16 Å². The number of aryl methyl sites for hydroxylation is 1. The van der Waals surface area contributed by atoms with Gasteiger partial charge in [0.1, 0.15) is 0 Å². The second-order valence-corrected chi connectivity index (χ2v) is 3.91. The van der Waals surface area contributed by atoms with Crippen LogP contribution < -0.4 is 4.74 Å². The van der Waals surface area contributed by atoms with E-state index in [1.165, 1.54) is 5.56 Å². The fourth-order valence-corrected chi connectivity index (χ4v) is 2.24. The number of fused-ring (bicyclic) bond motifs is 3. The van der Waals surface area contributed by atoms with Crippen molar-refractivity contribution in [3.05, 3.63) is 35.8 Å². The molecule has 0 fully saturated rings. The van der Waals surface area contributed by atoms with Gasteiger partial charge in [0.2, 0.25) is 0 Å². The van der Waals surface area contributed by atoms with Crippen LogP contribution in [0, 0.1) is 0 Å². The van der Waals surface area contributed by atoms with Crippen molar-refractivity contribution < 1.29 is 14.6 Å². The molecule has 3 rings (SSSR count). The summed E-state index contributed by atoms with van der Waals surface area (Å²) in [6.45, 7) is 0. The molecule has 1 aliphatic rings. The van der Waals surface area contributed by atoms with Gasteiger partial charge in [-0.3, -0.25) is 4.98 Å². The monoisotopic (exact) mass is 230 g/mol. The van der Waals surface area contributed by atoms with Crippen LogP contribution in [0.25, 0.3) is 11.3 Å². The molecule has 0 atom stereocenters. The van der Waals surface area contributed by atoms with Gasteiger partial charge in [-0.2, -0.15) is 0 Å². The summed E-state index contributed by atoms with van der Waals surface area (Å²) in [7, 11) is 0. The van der Waals surface area contributed by atoms with Gasteiger partial charge in [-0.05, 0) is 24.5 Å². The van der Waals surface area contributed by atoms with Crippen LogP contribution in [-0.4, -0.2) is 21.2 Å². The number of rotatable bonds is 1. The quantitative estimate of drug-likeness (QED) is 0.736. The van der Waals surface area contributed by atoms with E-state index in [0.717, 1.165) is 29.7 Å². The van der Waals surface area contributed by atoms with Gasteiger partial charge in [0.15, 0.2) is 5.75 Å². The van der Waals surface area contributed by atoms with Gasteiger partial charge in [0.25, 0.3) is 0 Å². The second-order valence-electron chi connectivity index (χ2n) is 3.91. The molecule has 2 aromatic rings. The minimum absolute atomic E-state index is 0.398. The van der Waals surface area contributed by atoms with Crippen LogP contribution in [0.2, 0.25) is 0 Å². The zero-order valence-corrected chi connectivity index (χ0v) is 8.93. The first-order valence-corrected chi connectivity index (χ1v) is 5.30.